The van der Waals surface area contributed by atoms with Crippen LogP contribution in [0.3, 0.4) is 0 Å². The van der Waals surface area contributed by atoms with Gasteiger partial charge in [0.05, 0.1) is 0 Å². The molecule has 0 aliphatic carbocycles. The van der Waals surface area contributed by atoms with E-state index < -0.39 is 0 Å². The molecule has 104 valence electrons. The quantitative estimate of drug-likeness (QED) is 0.631. The highest BCUT2D eigenvalue weighted by atomic mass is 32.2. The minimum atomic E-state index is -0.238. The van der Waals surface area contributed by atoms with E-state index in [2.05, 4.69) is 0 Å². The van der Waals surface area contributed by atoms with Crippen molar-refractivity contribution >= 4 is 18.0 Å². The first kappa shape index (κ1) is 13.6. The zero-order chi connectivity index (χ0) is 14.7. The Kier molecular flexibility index (Phi) is 3.88. The molecule has 1 aromatic heterocycles. The summed E-state index contributed by atoms with van der Waals surface area (Å²) in [4.78, 5) is 12.6. The first-order chi connectivity index (χ1) is 10.2. The van der Waals surface area contributed by atoms with Crippen molar-refractivity contribution in [2.45, 2.75) is 9.79 Å². The van der Waals surface area contributed by atoms with Gasteiger partial charge in [-0.25, -0.2) is 4.39 Å². The molecule has 0 fully saturated rings. The van der Waals surface area contributed by atoms with E-state index in [4.69, 9.17) is 4.42 Å². The van der Waals surface area contributed by atoms with Crippen LogP contribution in [0, 0.1) is 5.82 Å². The fourth-order valence-electron chi connectivity index (χ4n) is 1.90. The van der Waals surface area contributed by atoms with Crippen LogP contribution in [0.4, 0.5) is 4.39 Å². The standard InChI is InChI=1S/C17H11FO2S/c18-13-3-8-16(9-4-13)21-15-6-1-12(2-7-15)17-10-5-14(11-19)20-17/h1-11H. The first-order valence-electron chi connectivity index (χ1n) is 6.33. The minimum Gasteiger partial charge on any atom is -0.453 e. The summed E-state index contributed by atoms with van der Waals surface area (Å²) in [6.07, 6.45) is 0.683. The SMILES string of the molecule is O=Cc1ccc(-c2ccc(Sc3ccc(F)cc3)cc2)o1. The predicted molar refractivity (Wildman–Crippen MR) is 80.1 cm³/mol. The molecule has 0 saturated heterocycles. The molecule has 4 heteroatoms. The van der Waals surface area contributed by atoms with Crippen LogP contribution in [0.15, 0.2) is 74.9 Å². The molecular formula is C17H11FO2S. The van der Waals surface area contributed by atoms with Gasteiger partial charge in [-0.2, -0.15) is 0 Å². The van der Waals surface area contributed by atoms with E-state index in [0.29, 0.717) is 17.8 Å². The third kappa shape index (κ3) is 3.23. The van der Waals surface area contributed by atoms with Crippen molar-refractivity contribution in [2.75, 3.05) is 0 Å². The molecule has 0 aliphatic rings. The Balaban J connectivity index is 1.77. The molecule has 21 heavy (non-hydrogen) atoms. The second-order valence-corrected chi connectivity index (χ2v) is 5.55. The summed E-state index contributed by atoms with van der Waals surface area (Å²) in [6, 6.07) is 17.6. The number of carbonyl (C=O) groups excluding carboxylic acids is 1. The van der Waals surface area contributed by atoms with Gasteiger partial charge in [-0.1, -0.05) is 23.9 Å². The number of aldehydes is 1. The molecule has 3 rings (SSSR count). The number of hydrogen-bond donors (Lipinski definition) is 0. The molecule has 3 aromatic rings. The van der Waals surface area contributed by atoms with Crippen molar-refractivity contribution in [3.05, 3.63) is 72.2 Å². The lowest BCUT2D eigenvalue weighted by molar-refractivity contribution is 0.110. The van der Waals surface area contributed by atoms with Crippen LogP contribution in [0.2, 0.25) is 0 Å². The van der Waals surface area contributed by atoms with Crippen LogP contribution in [0.1, 0.15) is 10.6 Å². The van der Waals surface area contributed by atoms with Crippen LogP contribution in [-0.2, 0) is 0 Å². The highest BCUT2D eigenvalue weighted by Gasteiger charge is 2.05. The van der Waals surface area contributed by atoms with E-state index in [9.17, 15) is 9.18 Å². The number of rotatable bonds is 4. The van der Waals surface area contributed by atoms with Gasteiger partial charge in [-0.15, -0.1) is 0 Å². The number of halogens is 1. The first-order valence-corrected chi connectivity index (χ1v) is 7.15. The Labute approximate surface area is 125 Å². The van der Waals surface area contributed by atoms with Gasteiger partial charge >= 0.3 is 0 Å². The lowest BCUT2D eigenvalue weighted by atomic mass is 10.2. The number of benzene rings is 2. The van der Waals surface area contributed by atoms with Gasteiger partial charge in [0, 0.05) is 15.4 Å². The molecule has 2 aromatic carbocycles. The maximum atomic E-state index is 12.9. The maximum Gasteiger partial charge on any atom is 0.185 e. The number of hydrogen-bond acceptors (Lipinski definition) is 3. The number of furan rings is 1. The monoisotopic (exact) mass is 298 g/mol. The molecule has 0 N–H and O–H groups in total. The predicted octanol–water partition coefficient (Wildman–Crippen LogP) is 5.05. The third-order valence-electron chi connectivity index (χ3n) is 2.93. The zero-order valence-electron chi connectivity index (χ0n) is 11.0. The Bertz CT molecular complexity index is 745. The van der Waals surface area contributed by atoms with Gasteiger partial charge in [-0.05, 0) is 48.5 Å². The summed E-state index contributed by atoms with van der Waals surface area (Å²) in [5.41, 5.74) is 0.909. The van der Waals surface area contributed by atoms with Crippen LogP contribution in [-0.4, -0.2) is 6.29 Å². The largest absolute Gasteiger partial charge is 0.453 e. The smallest absolute Gasteiger partial charge is 0.185 e. The van der Waals surface area contributed by atoms with Crippen molar-refractivity contribution in [3.8, 4) is 11.3 Å². The molecule has 0 amide bonds. The molecular weight excluding hydrogens is 287 g/mol. The summed E-state index contributed by atoms with van der Waals surface area (Å²) in [5.74, 6) is 0.740. The van der Waals surface area contributed by atoms with Gasteiger partial charge in [0.1, 0.15) is 11.6 Å². The van der Waals surface area contributed by atoms with Crippen LogP contribution >= 0.6 is 11.8 Å². The maximum absolute atomic E-state index is 12.9. The lowest BCUT2D eigenvalue weighted by Crippen LogP contribution is -1.77. The Hall–Kier alpha value is -2.33. The summed E-state index contributed by atoms with van der Waals surface area (Å²) in [5, 5.41) is 0. The van der Waals surface area contributed by atoms with E-state index in [-0.39, 0.29) is 5.82 Å². The van der Waals surface area contributed by atoms with Crippen molar-refractivity contribution in [3.63, 3.8) is 0 Å². The molecule has 0 radical (unpaired) electrons. The fraction of sp³-hybridized carbons (Fsp3) is 0. The van der Waals surface area contributed by atoms with Crippen LogP contribution in [0.5, 0.6) is 0 Å². The molecule has 2 nitrogen and oxygen atoms in total. The fourth-order valence-corrected chi connectivity index (χ4v) is 2.71. The van der Waals surface area contributed by atoms with Crippen molar-refractivity contribution in [1.29, 1.82) is 0 Å². The van der Waals surface area contributed by atoms with Gasteiger partial charge in [0.25, 0.3) is 0 Å². The summed E-state index contributed by atoms with van der Waals surface area (Å²) < 4.78 is 18.2. The minimum absolute atomic E-state index is 0.238. The van der Waals surface area contributed by atoms with Crippen molar-refractivity contribution in [1.82, 2.24) is 0 Å². The molecule has 0 spiro atoms. The van der Waals surface area contributed by atoms with E-state index in [1.165, 1.54) is 12.1 Å². The second kappa shape index (κ2) is 5.97. The van der Waals surface area contributed by atoms with Gasteiger partial charge in [0.2, 0.25) is 0 Å². The third-order valence-corrected chi connectivity index (χ3v) is 3.95. The zero-order valence-corrected chi connectivity index (χ0v) is 11.8. The molecule has 0 atom stereocenters. The van der Waals surface area contributed by atoms with E-state index in [0.717, 1.165) is 15.4 Å². The second-order valence-electron chi connectivity index (χ2n) is 4.40. The van der Waals surface area contributed by atoms with Crippen LogP contribution < -0.4 is 0 Å². The van der Waals surface area contributed by atoms with Gasteiger partial charge in [0.15, 0.2) is 12.0 Å². The Morgan fingerprint density at radius 2 is 1.48 bits per heavy atom. The van der Waals surface area contributed by atoms with Crippen molar-refractivity contribution < 1.29 is 13.6 Å². The van der Waals surface area contributed by atoms with E-state index >= 15 is 0 Å². The van der Waals surface area contributed by atoms with E-state index in [1.807, 2.05) is 24.3 Å². The molecule has 0 bridgehead atoms. The van der Waals surface area contributed by atoms with Crippen LogP contribution in [0.25, 0.3) is 11.3 Å². The summed E-state index contributed by atoms with van der Waals surface area (Å²) in [6.45, 7) is 0. The van der Waals surface area contributed by atoms with Gasteiger partial charge in [-0.3, -0.25) is 4.79 Å². The topological polar surface area (TPSA) is 30.2 Å². The van der Waals surface area contributed by atoms with Crippen molar-refractivity contribution in [2.24, 2.45) is 0 Å². The normalized spacial score (nSPS) is 10.5. The summed E-state index contributed by atoms with van der Waals surface area (Å²) in [7, 11) is 0. The van der Waals surface area contributed by atoms with Gasteiger partial charge < -0.3 is 4.42 Å². The average Bonchev–Trinajstić information content (AvgIpc) is 2.99. The average molecular weight is 298 g/mol. The number of carbonyl (C=O) groups is 1. The summed E-state index contributed by atoms with van der Waals surface area (Å²) >= 11 is 1.56. The Morgan fingerprint density at radius 3 is 2.05 bits per heavy atom. The highest BCUT2D eigenvalue weighted by Crippen LogP contribution is 2.30. The lowest BCUT2D eigenvalue weighted by Gasteiger charge is -2.03. The molecule has 0 aliphatic heterocycles. The molecule has 0 saturated carbocycles. The Morgan fingerprint density at radius 1 is 0.857 bits per heavy atom. The molecule has 0 unspecified atom stereocenters. The van der Waals surface area contributed by atoms with E-state index in [1.54, 1.807) is 36.0 Å². The molecule has 1 heterocycles. The highest BCUT2D eigenvalue weighted by molar-refractivity contribution is 7.99.